The molecule has 0 rings (SSSR count). The fourth-order valence-electron chi connectivity index (χ4n) is 0.757. The van der Waals surface area contributed by atoms with Gasteiger partial charge in [-0.25, -0.2) is 4.21 Å². The maximum absolute atomic E-state index is 11.6. The van der Waals surface area contributed by atoms with Crippen molar-refractivity contribution in [3.05, 3.63) is 28.4 Å². The first-order chi connectivity index (χ1) is 7.76. The number of alkyl halides is 1. The number of halogens is 1. The maximum Gasteiger partial charge on any atom is 0.113 e. The van der Waals surface area contributed by atoms with E-state index in [0.717, 1.165) is 11.3 Å². The second kappa shape index (κ2) is 8.20. The van der Waals surface area contributed by atoms with Crippen LogP contribution in [0.25, 0.3) is 0 Å². The molecular formula is C13H21ClOS2. The van der Waals surface area contributed by atoms with Crippen molar-refractivity contribution in [3.8, 4) is 0 Å². The minimum atomic E-state index is -1.02. The number of rotatable bonds is 5. The van der Waals surface area contributed by atoms with Crippen LogP contribution in [0, 0.1) is 5.41 Å². The van der Waals surface area contributed by atoms with Crippen LogP contribution >= 0.6 is 22.4 Å². The van der Waals surface area contributed by atoms with Crippen molar-refractivity contribution in [2.45, 2.75) is 34.6 Å². The van der Waals surface area contributed by atoms with E-state index in [9.17, 15) is 4.21 Å². The van der Waals surface area contributed by atoms with Gasteiger partial charge in [0.1, 0.15) is 9.83 Å². The molecule has 0 aromatic carbocycles. The van der Waals surface area contributed by atoms with Gasteiger partial charge in [-0.3, -0.25) is 0 Å². The average Bonchev–Trinajstić information content (AvgIpc) is 2.22. The monoisotopic (exact) mass is 292 g/mol. The third kappa shape index (κ3) is 9.72. The van der Waals surface area contributed by atoms with Crippen molar-refractivity contribution in [2.24, 2.45) is 5.41 Å². The molecule has 0 saturated carbocycles. The van der Waals surface area contributed by atoms with Crippen molar-refractivity contribution in [1.82, 2.24) is 0 Å². The van der Waals surface area contributed by atoms with Crippen molar-refractivity contribution in [2.75, 3.05) is 11.6 Å². The van der Waals surface area contributed by atoms with E-state index in [1.807, 2.05) is 19.9 Å². The van der Waals surface area contributed by atoms with Gasteiger partial charge in [0, 0.05) is 11.6 Å². The minimum Gasteiger partial charge on any atom is -0.243 e. The van der Waals surface area contributed by atoms with Gasteiger partial charge < -0.3 is 0 Å². The molecule has 1 unspecified atom stereocenters. The van der Waals surface area contributed by atoms with Gasteiger partial charge in [-0.15, -0.1) is 17.3 Å². The highest BCUT2D eigenvalue weighted by molar-refractivity contribution is 8.70. The topological polar surface area (TPSA) is 17.1 Å². The predicted octanol–water partition coefficient (Wildman–Crippen LogP) is 4.67. The Kier molecular flexibility index (Phi) is 8.23. The van der Waals surface area contributed by atoms with E-state index in [4.69, 9.17) is 11.6 Å². The molecule has 1 nitrogen and oxygen atoms in total. The van der Waals surface area contributed by atoms with E-state index < -0.39 is 9.83 Å². The Morgan fingerprint density at radius 1 is 1.35 bits per heavy atom. The standard InChI is InChI=1S/C13H21ClOS2/c1-11(9-14)12(2)10-16-17(15)8-6-7-13(3,4)5/h7-8H,9-10H2,1-5H3/b12-11+. The zero-order valence-electron chi connectivity index (χ0n) is 11.2. The zero-order valence-corrected chi connectivity index (χ0v) is 13.6. The van der Waals surface area contributed by atoms with Gasteiger partial charge in [-0.2, -0.15) is 0 Å². The molecule has 4 heteroatoms. The van der Waals surface area contributed by atoms with Crippen molar-refractivity contribution < 1.29 is 4.21 Å². The molecule has 0 saturated heterocycles. The van der Waals surface area contributed by atoms with Crippen LogP contribution in [-0.4, -0.2) is 15.8 Å². The van der Waals surface area contributed by atoms with Crippen LogP contribution in [-0.2, 0) is 9.83 Å². The third-order valence-electron chi connectivity index (χ3n) is 2.00. The molecule has 0 bridgehead atoms. The summed E-state index contributed by atoms with van der Waals surface area (Å²) in [6.45, 7) is 10.3. The van der Waals surface area contributed by atoms with Crippen molar-refractivity contribution in [1.29, 1.82) is 0 Å². The summed E-state index contributed by atoms with van der Waals surface area (Å²) in [5.74, 6) is 1.29. The summed E-state index contributed by atoms with van der Waals surface area (Å²) in [6.07, 6.45) is 1.93. The second-order valence-corrected chi connectivity index (χ2v) is 8.25. The lowest BCUT2D eigenvalue weighted by Gasteiger charge is -2.08. The minimum absolute atomic E-state index is 0.0798. The lowest BCUT2D eigenvalue weighted by atomic mass is 9.97. The summed E-state index contributed by atoms with van der Waals surface area (Å²) in [6, 6.07) is 0. The molecule has 0 heterocycles. The molecule has 0 spiro atoms. The van der Waals surface area contributed by atoms with Gasteiger partial charge in [0.2, 0.25) is 0 Å². The molecule has 0 aliphatic rings. The van der Waals surface area contributed by atoms with Gasteiger partial charge >= 0.3 is 0 Å². The summed E-state index contributed by atoms with van der Waals surface area (Å²) in [5, 5.41) is 1.61. The first kappa shape index (κ1) is 17.1. The Hall–Kier alpha value is 0.0500. The zero-order chi connectivity index (χ0) is 13.5. The molecule has 1 atom stereocenters. The Morgan fingerprint density at radius 3 is 2.41 bits per heavy atom. The molecule has 17 heavy (non-hydrogen) atoms. The van der Waals surface area contributed by atoms with Crippen LogP contribution in [0.15, 0.2) is 28.4 Å². The molecule has 0 aliphatic heterocycles. The van der Waals surface area contributed by atoms with Crippen molar-refractivity contribution >= 4 is 32.2 Å². The summed E-state index contributed by atoms with van der Waals surface area (Å²) in [7, 11) is 0.375. The van der Waals surface area contributed by atoms with Gasteiger partial charge in [-0.1, -0.05) is 42.7 Å². The molecule has 0 amide bonds. The SMILES string of the molecule is C/C(CCl)=C(/C)CSS(=O)C=C=CC(C)(C)C. The van der Waals surface area contributed by atoms with E-state index in [1.165, 1.54) is 16.4 Å². The van der Waals surface area contributed by atoms with Crippen molar-refractivity contribution in [3.63, 3.8) is 0 Å². The van der Waals surface area contributed by atoms with Crippen LogP contribution in [0.2, 0.25) is 0 Å². The molecule has 0 aromatic rings. The lowest BCUT2D eigenvalue weighted by Crippen LogP contribution is -1.97. The number of hydrogen-bond acceptors (Lipinski definition) is 2. The quantitative estimate of drug-likeness (QED) is 0.317. The summed E-state index contributed by atoms with van der Waals surface area (Å²) < 4.78 is 11.6. The molecule has 0 aliphatic carbocycles. The van der Waals surface area contributed by atoms with E-state index in [2.05, 4.69) is 26.5 Å². The average molecular weight is 293 g/mol. The van der Waals surface area contributed by atoms with E-state index in [-0.39, 0.29) is 5.41 Å². The Morgan fingerprint density at radius 2 is 1.94 bits per heavy atom. The Labute approximate surface area is 116 Å². The first-order valence-electron chi connectivity index (χ1n) is 5.45. The van der Waals surface area contributed by atoms with Crippen LogP contribution in [0.4, 0.5) is 0 Å². The van der Waals surface area contributed by atoms with Crippen LogP contribution in [0.5, 0.6) is 0 Å². The summed E-state index contributed by atoms with van der Waals surface area (Å²) in [4.78, 5) is 0. The molecule has 0 radical (unpaired) electrons. The first-order valence-corrected chi connectivity index (χ1v) is 8.70. The molecule has 0 fully saturated rings. The summed E-state index contributed by atoms with van der Waals surface area (Å²) >= 11 is 5.73. The highest BCUT2D eigenvalue weighted by atomic mass is 35.5. The Bertz CT molecular complexity index is 358. The largest absolute Gasteiger partial charge is 0.243 e. The fourth-order valence-corrected chi connectivity index (χ4v) is 3.02. The number of allylic oxidation sites excluding steroid dienone is 2. The van der Waals surface area contributed by atoms with Crippen LogP contribution < -0.4 is 0 Å². The fraction of sp³-hybridized carbons (Fsp3) is 0.615. The predicted molar refractivity (Wildman–Crippen MR) is 81.8 cm³/mol. The van der Waals surface area contributed by atoms with Gasteiger partial charge in [0.05, 0.1) is 5.41 Å². The van der Waals surface area contributed by atoms with Crippen LogP contribution in [0.3, 0.4) is 0 Å². The maximum atomic E-state index is 11.6. The van der Waals surface area contributed by atoms with E-state index in [0.29, 0.717) is 5.88 Å². The van der Waals surface area contributed by atoms with Gasteiger partial charge in [0.15, 0.2) is 0 Å². The Balaban J connectivity index is 4.27. The molecule has 98 valence electrons. The lowest BCUT2D eigenvalue weighted by molar-refractivity contribution is 0.545. The number of hydrogen-bond donors (Lipinski definition) is 0. The van der Waals surface area contributed by atoms with Gasteiger partial charge in [0.25, 0.3) is 0 Å². The second-order valence-electron chi connectivity index (χ2n) is 5.01. The normalized spacial score (nSPS) is 14.7. The highest BCUT2D eigenvalue weighted by Gasteiger charge is 2.03. The third-order valence-corrected chi connectivity index (χ3v) is 4.85. The highest BCUT2D eigenvalue weighted by Crippen LogP contribution is 2.17. The smallest absolute Gasteiger partial charge is 0.113 e. The molecule has 0 N–H and O–H groups in total. The molecular weight excluding hydrogens is 272 g/mol. The molecule has 0 aromatic heterocycles. The van der Waals surface area contributed by atoms with E-state index in [1.54, 1.807) is 5.41 Å². The summed E-state index contributed by atoms with van der Waals surface area (Å²) in [5.41, 5.74) is 5.42. The van der Waals surface area contributed by atoms with E-state index >= 15 is 0 Å². The van der Waals surface area contributed by atoms with Crippen LogP contribution in [0.1, 0.15) is 34.6 Å². The van der Waals surface area contributed by atoms with Gasteiger partial charge in [-0.05, 0) is 25.3 Å².